The zero-order chi connectivity index (χ0) is 30.5. The number of alkyl halides is 3. The monoisotopic (exact) mass is 588 g/mol. The minimum Gasteiger partial charge on any atom is -0.386 e. The van der Waals surface area contributed by atoms with Crippen molar-refractivity contribution in [3.05, 3.63) is 84.3 Å². The summed E-state index contributed by atoms with van der Waals surface area (Å²) >= 11 is 0. The normalized spacial score (nSPS) is 11.7. The van der Waals surface area contributed by atoms with Crippen LogP contribution < -0.4 is 16.0 Å². The number of nitrogens with one attached hydrogen (secondary N) is 3. The van der Waals surface area contributed by atoms with Crippen LogP contribution in [0.4, 0.5) is 23.4 Å². The van der Waals surface area contributed by atoms with Crippen molar-refractivity contribution in [3.8, 4) is 11.1 Å². The van der Waals surface area contributed by atoms with E-state index in [2.05, 4.69) is 25.7 Å². The lowest BCUT2D eigenvalue weighted by atomic mass is 9.99. The van der Waals surface area contributed by atoms with Crippen LogP contribution in [-0.4, -0.2) is 48.0 Å². The van der Waals surface area contributed by atoms with E-state index in [1.54, 1.807) is 30.5 Å². The standard InChI is InChI=1S/C29H28F4N4O5/c30-22-7-5-6-21(16-22)19-10-12-20(13-11-19)23(17-27(40)42-28(41)29(31,32)33)37-26(39)18-36-25(38)9-2-4-15-35-24-8-1-3-14-34-24/h1,3,5-8,10-14,16,23H,2,4,9,15,17-18H2,(H,34,35)(H,36,38)(H,37,39). The predicted octanol–water partition coefficient (Wildman–Crippen LogP) is 4.47. The lowest BCUT2D eigenvalue weighted by molar-refractivity contribution is -0.202. The Kier molecular flexibility index (Phi) is 11.5. The van der Waals surface area contributed by atoms with Crippen LogP contribution in [0.5, 0.6) is 0 Å². The highest BCUT2D eigenvalue weighted by Crippen LogP contribution is 2.25. The summed E-state index contributed by atoms with van der Waals surface area (Å²) in [6.07, 6.45) is -3.18. The van der Waals surface area contributed by atoms with E-state index in [1.165, 1.54) is 30.3 Å². The van der Waals surface area contributed by atoms with Gasteiger partial charge < -0.3 is 20.7 Å². The maximum Gasteiger partial charge on any atom is 0.491 e. The number of esters is 2. The minimum absolute atomic E-state index is 0.147. The number of amides is 2. The first kappa shape index (κ1) is 31.7. The molecule has 1 aromatic heterocycles. The van der Waals surface area contributed by atoms with Crippen LogP contribution in [0, 0.1) is 5.82 Å². The van der Waals surface area contributed by atoms with E-state index in [-0.39, 0.29) is 6.42 Å². The van der Waals surface area contributed by atoms with Crippen molar-refractivity contribution in [1.29, 1.82) is 0 Å². The van der Waals surface area contributed by atoms with Crippen LogP contribution in [0.2, 0.25) is 0 Å². The summed E-state index contributed by atoms with van der Waals surface area (Å²) < 4.78 is 55.1. The molecule has 3 N–H and O–H groups in total. The third-order valence-corrected chi connectivity index (χ3v) is 5.86. The number of aromatic nitrogens is 1. The zero-order valence-electron chi connectivity index (χ0n) is 22.2. The Morgan fingerprint density at radius 1 is 0.881 bits per heavy atom. The highest BCUT2D eigenvalue weighted by molar-refractivity contribution is 5.89. The largest absolute Gasteiger partial charge is 0.491 e. The maximum absolute atomic E-state index is 13.6. The fraction of sp³-hybridized carbons (Fsp3) is 0.276. The molecule has 13 heteroatoms. The van der Waals surface area contributed by atoms with Gasteiger partial charge in [0, 0.05) is 19.2 Å². The summed E-state index contributed by atoms with van der Waals surface area (Å²) in [7, 11) is 0. The fourth-order valence-electron chi connectivity index (χ4n) is 3.80. The number of nitrogens with zero attached hydrogens (tertiary/aromatic N) is 1. The van der Waals surface area contributed by atoms with Crippen molar-refractivity contribution >= 4 is 29.6 Å². The maximum atomic E-state index is 13.6. The van der Waals surface area contributed by atoms with Crippen molar-refractivity contribution in [2.45, 2.75) is 37.9 Å². The molecule has 0 saturated heterocycles. The molecule has 0 radical (unpaired) electrons. The Balaban J connectivity index is 1.55. The van der Waals surface area contributed by atoms with Gasteiger partial charge in [0.1, 0.15) is 11.6 Å². The van der Waals surface area contributed by atoms with Gasteiger partial charge in [0.15, 0.2) is 0 Å². The molecule has 0 saturated carbocycles. The van der Waals surface area contributed by atoms with Crippen molar-refractivity contribution in [2.24, 2.45) is 0 Å². The molecule has 2 amide bonds. The molecule has 3 rings (SSSR count). The van der Waals surface area contributed by atoms with E-state index in [0.717, 1.165) is 0 Å². The molecule has 0 fully saturated rings. The molecule has 0 aliphatic carbocycles. The van der Waals surface area contributed by atoms with Crippen LogP contribution in [0.15, 0.2) is 72.9 Å². The van der Waals surface area contributed by atoms with Crippen molar-refractivity contribution in [2.75, 3.05) is 18.4 Å². The zero-order valence-corrected chi connectivity index (χ0v) is 22.2. The van der Waals surface area contributed by atoms with Crippen LogP contribution >= 0.6 is 0 Å². The molecule has 222 valence electrons. The van der Waals surface area contributed by atoms with Gasteiger partial charge in [-0.25, -0.2) is 14.2 Å². The summed E-state index contributed by atoms with van der Waals surface area (Å²) in [4.78, 5) is 52.0. The number of carbonyl (C=O) groups is 4. The van der Waals surface area contributed by atoms with Crippen LogP contribution in [0.1, 0.15) is 37.3 Å². The third-order valence-electron chi connectivity index (χ3n) is 5.86. The number of benzene rings is 2. The number of carbonyl (C=O) groups excluding carboxylic acids is 4. The van der Waals surface area contributed by atoms with Gasteiger partial charge in [-0.2, -0.15) is 13.2 Å². The number of halogens is 4. The van der Waals surface area contributed by atoms with Gasteiger partial charge in [-0.3, -0.25) is 14.4 Å². The first-order valence-electron chi connectivity index (χ1n) is 12.9. The number of pyridine rings is 1. The number of hydrogen-bond acceptors (Lipinski definition) is 7. The summed E-state index contributed by atoms with van der Waals surface area (Å²) in [5.41, 5.74) is 1.44. The topological polar surface area (TPSA) is 126 Å². The summed E-state index contributed by atoms with van der Waals surface area (Å²) in [5, 5.41) is 8.03. The first-order chi connectivity index (χ1) is 20.0. The van der Waals surface area contributed by atoms with Crippen LogP contribution in [0.3, 0.4) is 0 Å². The predicted molar refractivity (Wildman–Crippen MR) is 144 cm³/mol. The van der Waals surface area contributed by atoms with Crippen molar-refractivity contribution < 1.29 is 41.5 Å². The molecule has 1 unspecified atom stereocenters. The van der Waals surface area contributed by atoms with Gasteiger partial charge in [0.25, 0.3) is 0 Å². The first-order valence-corrected chi connectivity index (χ1v) is 12.9. The number of anilines is 1. The Hall–Kier alpha value is -4.81. The highest BCUT2D eigenvalue weighted by Gasteiger charge is 2.42. The summed E-state index contributed by atoms with van der Waals surface area (Å²) in [6.45, 7) is 0.136. The number of ether oxygens (including phenoxy) is 1. The lowest BCUT2D eigenvalue weighted by Gasteiger charge is -2.19. The summed E-state index contributed by atoms with van der Waals surface area (Å²) in [5.74, 6) is -5.06. The smallest absolute Gasteiger partial charge is 0.386 e. The third kappa shape index (κ3) is 10.6. The average Bonchev–Trinajstić information content (AvgIpc) is 2.95. The van der Waals surface area contributed by atoms with Crippen LogP contribution in [-0.2, 0) is 23.9 Å². The van der Waals surface area contributed by atoms with Crippen molar-refractivity contribution in [1.82, 2.24) is 15.6 Å². The average molecular weight is 589 g/mol. The Labute approximate surface area is 238 Å². The molecule has 1 heterocycles. The molecule has 0 aliphatic heterocycles. The van der Waals surface area contributed by atoms with E-state index in [9.17, 15) is 36.7 Å². The van der Waals surface area contributed by atoms with E-state index in [1.807, 2.05) is 12.1 Å². The molecule has 0 bridgehead atoms. The Bertz CT molecular complexity index is 1370. The Morgan fingerprint density at radius 3 is 2.31 bits per heavy atom. The second-order valence-electron chi connectivity index (χ2n) is 9.09. The van der Waals surface area contributed by atoms with E-state index < -0.39 is 54.8 Å². The van der Waals surface area contributed by atoms with Gasteiger partial charge in [0.05, 0.1) is 19.0 Å². The molecule has 1 atom stereocenters. The van der Waals surface area contributed by atoms with Crippen molar-refractivity contribution in [3.63, 3.8) is 0 Å². The van der Waals surface area contributed by atoms with E-state index in [0.29, 0.717) is 41.9 Å². The van der Waals surface area contributed by atoms with Gasteiger partial charge in [-0.1, -0.05) is 42.5 Å². The molecular formula is C29H28F4N4O5. The number of rotatable bonds is 13. The van der Waals surface area contributed by atoms with Crippen LogP contribution in [0.25, 0.3) is 11.1 Å². The molecule has 42 heavy (non-hydrogen) atoms. The minimum atomic E-state index is -5.38. The van der Waals surface area contributed by atoms with E-state index >= 15 is 0 Å². The number of hydrogen-bond donors (Lipinski definition) is 3. The molecule has 0 spiro atoms. The second-order valence-corrected chi connectivity index (χ2v) is 9.09. The molecular weight excluding hydrogens is 560 g/mol. The van der Waals surface area contributed by atoms with Gasteiger partial charge in [0.2, 0.25) is 11.8 Å². The second kappa shape index (κ2) is 15.3. The molecule has 0 aliphatic rings. The summed E-state index contributed by atoms with van der Waals surface area (Å²) in [6, 6.07) is 16.1. The molecule has 2 aromatic carbocycles. The highest BCUT2D eigenvalue weighted by atomic mass is 19.4. The quantitative estimate of drug-likeness (QED) is 0.116. The lowest BCUT2D eigenvalue weighted by Crippen LogP contribution is -2.39. The fourth-order valence-corrected chi connectivity index (χ4v) is 3.80. The SMILES string of the molecule is O=C(CCCCNc1ccccn1)NCC(=O)NC(CC(=O)OC(=O)C(F)(F)F)c1ccc(-c2cccc(F)c2)cc1. The van der Waals surface area contributed by atoms with Gasteiger partial charge in [-0.15, -0.1) is 0 Å². The number of unbranched alkanes of at least 4 members (excludes halogenated alkanes) is 1. The molecule has 3 aromatic rings. The Morgan fingerprint density at radius 2 is 1.64 bits per heavy atom. The molecule has 9 nitrogen and oxygen atoms in total. The van der Waals surface area contributed by atoms with Gasteiger partial charge >= 0.3 is 18.1 Å². The van der Waals surface area contributed by atoms with E-state index in [4.69, 9.17) is 0 Å². The van der Waals surface area contributed by atoms with Gasteiger partial charge in [-0.05, 0) is 53.8 Å².